The first-order valence-electron chi connectivity index (χ1n) is 8.33. The average molecular weight is 376 g/mol. The second-order valence-corrected chi connectivity index (χ2v) is 8.21. The highest BCUT2D eigenvalue weighted by molar-refractivity contribution is 7.17. The molecule has 0 saturated carbocycles. The second kappa shape index (κ2) is 7.88. The van der Waals surface area contributed by atoms with Crippen LogP contribution in [0.4, 0.5) is 5.13 Å². The lowest BCUT2D eigenvalue weighted by Crippen LogP contribution is -2.12. The van der Waals surface area contributed by atoms with Crippen molar-refractivity contribution in [2.24, 2.45) is 5.92 Å². The molecule has 0 atom stereocenters. The fourth-order valence-corrected chi connectivity index (χ4v) is 4.31. The normalized spacial score (nSPS) is 11.2. The van der Waals surface area contributed by atoms with Gasteiger partial charge in [0.1, 0.15) is 9.88 Å². The summed E-state index contributed by atoms with van der Waals surface area (Å²) in [7, 11) is 0. The molecule has 132 valence electrons. The molecule has 3 aromatic rings. The van der Waals surface area contributed by atoms with Crippen LogP contribution >= 0.6 is 22.7 Å². The summed E-state index contributed by atoms with van der Waals surface area (Å²) in [4.78, 5) is 18.0. The van der Waals surface area contributed by atoms with Crippen molar-refractivity contribution in [1.29, 1.82) is 0 Å². The van der Waals surface area contributed by atoms with E-state index in [9.17, 15) is 4.79 Å². The maximum Gasteiger partial charge on any atom is 0.269 e. The van der Waals surface area contributed by atoms with Crippen molar-refractivity contribution in [2.75, 3.05) is 5.32 Å². The van der Waals surface area contributed by atoms with Crippen molar-refractivity contribution < 1.29 is 4.79 Å². The first kappa shape index (κ1) is 17.8. The van der Waals surface area contributed by atoms with Crippen molar-refractivity contribution in [3.8, 4) is 5.13 Å². The zero-order chi connectivity index (χ0) is 17.8. The monoisotopic (exact) mass is 375 g/mol. The molecule has 8 heteroatoms. The largest absolute Gasteiger partial charge is 0.300 e. The van der Waals surface area contributed by atoms with Crippen LogP contribution in [0.25, 0.3) is 5.13 Å². The number of thiazole rings is 1. The van der Waals surface area contributed by atoms with Crippen LogP contribution in [-0.2, 0) is 12.8 Å². The van der Waals surface area contributed by atoms with Gasteiger partial charge in [-0.2, -0.15) is 0 Å². The highest BCUT2D eigenvalue weighted by Crippen LogP contribution is 2.25. The van der Waals surface area contributed by atoms with Crippen molar-refractivity contribution in [1.82, 2.24) is 19.7 Å². The lowest BCUT2D eigenvalue weighted by atomic mass is 10.1. The van der Waals surface area contributed by atoms with E-state index in [1.807, 2.05) is 29.1 Å². The van der Waals surface area contributed by atoms with Crippen molar-refractivity contribution in [3.05, 3.63) is 40.1 Å². The SMILES string of the molecule is CCCc1nc(-n2cccc2)sc1C(=O)Nc1nnc(CC(C)C)s1. The standard InChI is InChI=1S/C17H21N5OS2/c1-4-7-12-14(25-17(18-12)22-8-5-6-9-22)15(23)19-16-21-20-13(24-16)10-11(2)3/h5-6,8-9,11H,4,7,10H2,1-3H3,(H,19,21,23). The van der Waals surface area contributed by atoms with E-state index in [1.165, 1.54) is 22.7 Å². The Morgan fingerprint density at radius 1 is 1.24 bits per heavy atom. The fourth-order valence-electron chi connectivity index (χ4n) is 2.39. The van der Waals surface area contributed by atoms with E-state index in [0.29, 0.717) is 15.9 Å². The number of hydrogen-bond acceptors (Lipinski definition) is 6. The molecule has 6 nitrogen and oxygen atoms in total. The van der Waals surface area contributed by atoms with E-state index in [4.69, 9.17) is 0 Å². The van der Waals surface area contributed by atoms with Gasteiger partial charge in [0.15, 0.2) is 5.13 Å². The number of amides is 1. The maximum atomic E-state index is 12.7. The van der Waals surface area contributed by atoms with E-state index < -0.39 is 0 Å². The summed E-state index contributed by atoms with van der Waals surface area (Å²) in [5, 5.41) is 13.4. The Hall–Kier alpha value is -2.06. The van der Waals surface area contributed by atoms with Gasteiger partial charge in [0.05, 0.1) is 5.69 Å². The summed E-state index contributed by atoms with van der Waals surface area (Å²) in [5.41, 5.74) is 0.834. The predicted molar refractivity (Wildman–Crippen MR) is 102 cm³/mol. The van der Waals surface area contributed by atoms with Gasteiger partial charge >= 0.3 is 0 Å². The minimum absolute atomic E-state index is 0.161. The molecule has 1 N–H and O–H groups in total. The molecular formula is C17H21N5OS2. The number of anilines is 1. The Labute approximate surface area is 155 Å². The van der Waals surface area contributed by atoms with Gasteiger partial charge in [-0.05, 0) is 24.5 Å². The van der Waals surface area contributed by atoms with Gasteiger partial charge in [0.25, 0.3) is 5.91 Å². The van der Waals surface area contributed by atoms with Crippen LogP contribution in [-0.4, -0.2) is 25.7 Å². The third-order valence-corrected chi connectivity index (χ3v) is 5.45. The molecule has 0 spiro atoms. The van der Waals surface area contributed by atoms with Crippen LogP contribution in [0, 0.1) is 5.92 Å². The van der Waals surface area contributed by atoms with E-state index >= 15 is 0 Å². The van der Waals surface area contributed by atoms with E-state index in [2.05, 4.69) is 41.3 Å². The molecule has 1 amide bonds. The number of nitrogens with zero attached hydrogens (tertiary/aromatic N) is 4. The molecule has 0 aliphatic heterocycles. The van der Waals surface area contributed by atoms with Gasteiger partial charge < -0.3 is 4.57 Å². The van der Waals surface area contributed by atoms with Crippen molar-refractivity contribution >= 4 is 33.7 Å². The topological polar surface area (TPSA) is 72.7 Å². The van der Waals surface area contributed by atoms with E-state index in [-0.39, 0.29) is 5.91 Å². The molecule has 25 heavy (non-hydrogen) atoms. The van der Waals surface area contributed by atoms with Gasteiger partial charge in [-0.1, -0.05) is 49.9 Å². The summed E-state index contributed by atoms with van der Waals surface area (Å²) >= 11 is 2.83. The zero-order valence-electron chi connectivity index (χ0n) is 14.5. The predicted octanol–water partition coefficient (Wildman–Crippen LogP) is 4.19. The van der Waals surface area contributed by atoms with Gasteiger partial charge in [0.2, 0.25) is 5.13 Å². The van der Waals surface area contributed by atoms with Crippen LogP contribution in [0.5, 0.6) is 0 Å². The summed E-state index contributed by atoms with van der Waals surface area (Å²) in [6, 6.07) is 3.89. The zero-order valence-corrected chi connectivity index (χ0v) is 16.2. The minimum Gasteiger partial charge on any atom is -0.300 e. The first-order chi connectivity index (χ1) is 12.1. The molecule has 0 aliphatic carbocycles. The molecule has 3 aromatic heterocycles. The smallest absolute Gasteiger partial charge is 0.269 e. The van der Waals surface area contributed by atoms with Crippen LogP contribution < -0.4 is 5.32 Å². The van der Waals surface area contributed by atoms with Crippen LogP contribution in [0.15, 0.2) is 24.5 Å². The Kier molecular flexibility index (Phi) is 5.60. The minimum atomic E-state index is -0.161. The summed E-state index contributed by atoms with van der Waals surface area (Å²) in [6.45, 7) is 6.35. The molecule has 0 aliphatic rings. The summed E-state index contributed by atoms with van der Waals surface area (Å²) in [6.07, 6.45) is 6.44. The number of aromatic nitrogens is 4. The first-order valence-corrected chi connectivity index (χ1v) is 9.97. The molecule has 0 aromatic carbocycles. The molecule has 0 unspecified atom stereocenters. The number of aryl methyl sites for hydroxylation is 1. The molecule has 3 rings (SSSR count). The van der Waals surface area contributed by atoms with Crippen LogP contribution in [0.2, 0.25) is 0 Å². The Morgan fingerprint density at radius 3 is 2.68 bits per heavy atom. The highest BCUT2D eigenvalue weighted by atomic mass is 32.1. The molecule has 0 saturated heterocycles. The Morgan fingerprint density at radius 2 is 2.00 bits per heavy atom. The third kappa shape index (κ3) is 4.32. The highest BCUT2D eigenvalue weighted by Gasteiger charge is 2.20. The number of rotatable bonds is 7. The van der Waals surface area contributed by atoms with Crippen molar-refractivity contribution in [3.63, 3.8) is 0 Å². The summed E-state index contributed by atoms with van der Waals surface area (Å²) in [5.74, 6) is 0.352. The van der Waals surface area contributed by atoms with Gasteiger partial charge in [-0.15, -0.1) is 10.2 Å². The van der Waals surface area contributed by atoms with Gasteiger partial charge in [-0.25, -0.2) is 4.98 Å². The third-order valence-electron chi connectivity index (χ3n) is 3.47. The van der Waals surface area contributed by atoms with Crippen LogP contribution in [0.3, 0.4) is 0 Å². The average Bonchev–Trinajstić information content (AvgIpc) is 3.27. The Bertz CT molecular complexity index is 835. The van der Waals surface area contributed by atoms with Gasteiger partial charge in [0, 0.05) is 18.8 Å². The number of carbonyl (C=O) groups is 1. The molecule has 0 fully saturated rings. The summed E-state index contributed by atoms with van der Waals surface area (Å²) < 4.78 is 1.92. The van der Waals surface area contributed by atoms with E-state index in [1.54, 1.807) is 0 Å². The lowest BCUT2D eigenvalue weighted by Gasteiger charge is -2.00. The molecule has 0 bridgehead atoms. The molecular weight excluding hydrogens is 354 g/mol. The lowest BCUT2D eigenvalue weighted by molar-refractivity contribution is 0.102. The maximum absolute atomic E-state index is 12.7. The molecule has 0 radical (unpaired) electrons. The number of nitrogens with one attached hydrogen (secondary N) is 1. The second-order valence-electron chi connectivity index (χ2n) is 6.17. The van der Waals surface area contributed by atoms with E-state index in [0.717, 1.165) is 35.1 Å². The van der Waals surface area contributed by atoms with Crippen molar-refractivity contribution in [2.45, 2.75) is 40.0 Å². The fraction of sp³-hybridized carbons (Fsp3) is 0.412. The quantitative estimate of drug-likeness (QED) is 0.672. The Balaban J connectivity index is 1.80. The number of hydrogen-bond donors (Lipinski definition) is 1. The van der Waals surface area contributed by atoms with Crippen LogP contribution in [0.1, 0.15) is 47.6 Å². The number of carbonyl (C=O) groups excluding carboxylic acids is 1. The van der Waals surface area contributed by atoms with Gasteiger partial charge in [-0.3, -0.25) is 10.1 Å². The molecule has 3 heterocycles.